The van der Waals surface area contributed by atoms with Crippen LogP contribution in [0.15, 0.2) is 59.8 Å². The molecule has 1 amide bonds. The van der Waals surface area contributed by atoms with Crippen molar-refractivity contribution in [2.75, 3.05) is 10.6 Å². The van der Waals surface area contributed by atoms with E-state index in [2.05, 4.69) is 10.6 Å². The normalized spacial score (nSPS) is 13.0. The molecule has 24 heavy (non-hydrogen) atoms. The Morgan fingerprint density at radius 3 is 1.96 bits per heavy atom. The Balaban J connectivity index is 0.00000208. The molecule has 3 rings (SSSR count). The zero-order valence-corrected chi connectivity index (χ0v) is 15.7. The third-order valence-corrected chi connectivity index (χ3v) is 3.71. The standard InChI is InChI=1S/C18H13N2O3.W/c1-11-16(20-13-8-6-12(7-9-13)19-10-21)18(23)15-5-3-2-4-14(15)17(11)22;/h2-9,20H,1H3,(H,19,21);/q-1;. The predicted octanol–water partition coefficient (Wildman–Crippen LogP) is 2.93. The monoisotopic (exact) mass is 489 g/mol. The van der Waals surface area contributed by atoms with Crippen molar-refractivity contribution in [2.24, 2.45) is 0 Å². The van der Waals surface area contributed by atoms with Gasteiger partial charge in [0.2, 0.25) is 5.78 Å². The van der Waals surface area contributed by atoms with Crippen LogP contribution in [-0.2, 0) is 25.9 Å². The Hall–Kier alpha value is -2.52. The molecule has 5 nitrogen and oxygen atoms in total. The predicted molar refractivity (Wildman–Crippen MR) is 87.2 cm³/mol. The summed E-state index contributed by atoms with van der Waals surface area (Å²) >= 11 is 0. The summed E-state index contributed by atoms with van der Waals surface area (Å²) in [5, 5.41) is 5.41. The van der Waals surface area contributed by atoms with E-state index in [1.54, 1.807) is 61.9 Å². The third kappa shape index (κ3) is 3.22. The van der Waals surface area contributed by atoms with Gasteiger partial charge in [-0.2, -0.15) is 0 Å². The van der Waals surface area contributed by atoms with E-state index >= 15 is 0 Å². The molecule has 0 saturated heterocycles. The number of rotatable bonds is 4. The summed E-state index contributed by atoms with van der Waals surface area (Å²) in [5.74, 6) is -0.363. The maximum atomic E-state index is 12.6. The van der Waals surface area contributed by atoms with E-state index < -0.39 is 0 Å². The number of amides is 1. The van der Waals surface area contributed by atoms with E-state index in [-0.39, 0.29) is 38.3 Å². The van der Waals surface area contributed by atoms with Crippen LogP contribution >= 0.6 is 0 Å². The number of fused-ring (bicyclic) bond motifs is 1. The number of Topliss-reactive ketones (excluding diaryl/α,β-unsaturated/α-hetero) is 2. The van der Waals surface area contributed by atoms with Gasteiger partial charge in [0.25, 0.3) is 0 Å². The molecule has 0 aliphatic heterocycles. The summed E-state index contributed by atoms with van der Waals surface area (Å²) in [6.45, 7) is 1.63. The molecule has 0 spiro atoms. The van der Waals surface area contributed by atoms with Gasteiger partial charge in [0.15, 0.2) is 5.78 Å². The average Bonchev–Trinajstić information content (AvgIpc) is 2.58. The molecular weight excluding hydrogens is 476 g/mol. The largest absolute Gasteiger partial charge is 0.490 e. The fourth-order valence-corrected chi connectivity index (χ4v) is 2.49. The molecule has 2 N–H and O–H groups in total. The van der Waals surface area contributed by atoms with Crippen molar-refractivity contribution in [3.63, 3.8) is 0 Å². The summed E-state index contributed by atoms with van der Waals surface area (Å²) in [7, 11) is 0. The molecule has 1 aliphatic rings. The van der Waals surface area contributed by atoms with Gasteiger partial charge >= 0.3 is 0 Å². The van der Waals surface area contributed by atoms with E-state index in [4.69, 9.17) is 0 Å². The van der Waals surface area contributed by atoms with E-state index in [9.17, 15) is 14.4 Å². The second kappa shape index (κ2) is 7.37. The van der Waals surface area contributed by atoms with Crippen LogP contribution in [0.3, 0.4) is 0 Å². The van der Waals surface area contributed by atoms with Gasteiger partial charge in [-0.05, 0) is 6.92 Å². The van der Waals surface area contributed by atoms with Crippen molar-refractivity contribution in [1.82, 2.24) is 0 Å². The Labute approximate surface area is 153 Å². The summed E-state index contributed by atoms with van der Waals surface area (Å²) < 4.78 is 0. The van der Waals surface area contributed by atoms with E-state index in [0.29, 0.717) is 28.1 Å². The molecule has 0 fully saturated rings. The summed E-state index contributed by atoms with van der Waals surface area (Å²) in [4.78, 5) is 35.3. The molecule has 0 radical (unpaired) electrons. The van der Waals surface area contributed by atoms with Gasteiger partial charge in [0, 0.05) is 43.5 Å². The molecule has 1 aliphatic carbocycles. The Morgan fingerprint density at radius 2 is 1.38 bits per heavy atom. The van der Waals surface area contributed by atoms with E-state index in [0.717, 1.165) is 0 Å². The van der Waals surface area contributed by atoms with Gasteiger partial charge in [-0.25, -0.2) is 0 Å². The van der Waals surface area contributed by atoms with Gasteiger partial charge < -0.3 is 15.4 Å². The Bertz CT molecular complexity index is 842. The third-order valence-electron chi connectivity index (χ3n) is 3.71. The molecule has 0 unspecified atom stereocenters. The van der Waals surface area contributed by atoms with Crippen molar-refractivity contribution in [3.05, 3.63) is 70.9 Å². The van der Waals surface area contributed by atoms with Crippen LogP contribution in [-0.4, -0.2) is 18.0 Å². The van der Waals surface area contributed by atoms with Crippen molar-refractivity contribution in [2.45, 2.75) is 6.92 Å². The number of benzene rings is 2. The van der Waals surface area contributed by atoms with Gasteiger partial charge in [-0.3, -0.25) is 9.59 Å². The number of anilines is 2. The molecular formula is C18H13N2O3W-. The first-order valence-electron chi connectivity index (χ1n) is 7.01. The van der Waals surface area contributed by atoms with Crippen molar-refractivity contribution >= 4 is 29.4 Å². The van der Waals surface area contributed by atoms with Gasteiger partial charge in [0.1, 0.15) is 0 Å². The molecule has 0 heterocycles. The number of carbonyl (C=O) groups excluding carboxylic acids is 3. The summed E-state index contributed by atoms with van der Waals surface area (Å²) in [6.07, 6.45) is 1.59. The van der Waals surface area contributed by atoms with Crippen LogP contribution in [0.25, 0.3) is 0 Å². The average molecular weight is 489 g/mol. The molecule has 2 aromatic rings. The zero-order valence-electron chi connectivity index (χ0n) is 12.8. The van der Waals surface area contributed by atoms with Crippen molar-refractivity contribution < 1.29 is 35.4 Å². The molecule has 6 heteroatoms. The SMILES string of the molecule is CC1=C(Nc2ccc(N[C-]=O)cc2)C(=O)c2ccccc2C1=O.[W]. The quantitative estimate of drug-likeness (QED) is 0.512. The molecule has 0 bridgehead atoms. The van der Waals surface area contributed by atoms with Gasteiger partial charge in [-0.1, -0.05) is 36.4 Å². The Kier molecular flexibility index (Phi) is 5.47. The second-order valence-corrected chi connectivity index (χ2v) is 5.13. The Morgan fingerprint density at radius 1 is 0.833 bits per heavy atom. The molecule has 0 saturated carbocycles. The summed E-state index contributed by atoms with van der Waals surface area (Å²) in [5.41, 5.74) is 2.73. The van der Waals surface area contributed by atoms with Crippen LogP contribution < -0.4 is 10.6 Å². The number of hydrogen-bond donors (Lipinski definition) is 2. The summed E-state index contributed by atoms with van der Waals surface area (Å²) in [6, 6.07) is 13.5. The maximum Gasteiger partial charge on any atom is 0.210 e. The minimum atomic E-state index is -0.207. The zero-order chi connectivity index (χ0) is 16.4. The number of nitrogens with one attached hydrogen (secondary N) is 2. The smallest absolute Gasteiger partial charge is 0.210 e. The molecule has 0 atom stereocenters. The first kappa shape index (κ1) is 17.8. The minimum Gasteiger partial charge on any atom is -0.490 e. The number of hydrogen-bond acceptors (Lipinski definition) is 4. The number of ketones is 2. The first-order valence-corrected chi connectivity index (χ1v) is 7.01. The van der Waals surface area contributed by atoms with Crippen LogP contribution in [0.2, 0.25) is 0 Å². The molecule has 2 aromatic carbocycles. The maximum absolute atomic E-state index is 12.6. The van der Waals surface area contributed by atoms with Crippen LogP contribution in [0.4, 0.5) is 11.4 Å². The van der Waals surface area contributed by atoms with Gasteiger partial charge in [-0.15, -0.1) is 17.8 Å². The van der Waals surface area contributed by atoms with Crippen LogP contribution in [0.1, 0.15) is 27.6 Å². The van der Waals surface area contributed by atoms with Crippen LogP contribution in [0.5, 0.6) is 0 Å². The van der Waals surface area contributed by atoms with Gasteiger partial charge in [0.05, 0.1) is 12.1 Å². The van der Waals surface area contributed by atoms with Crippen molar-refractivity contribution in [3.8, 4) is 0 Å². The van der Waals surface area contributed by atoms with E-state index in [1.165, 1.54) is 0 Å². The number of carbonyl (C=O) groups is 2. The molecule has 120 valence electrons. The number of allylic oxidation sites excluding steroid dienone is 2. The fraction of sp³-hybridized carbons (Fsp3) is 0.0556. The fourth-order valence-electron chi connectivity index (χ4n) is 2.49. The van der Waals surface area contributed by atoms with E-state index in [1.807, 2.05) is 0 Å². The minimum absolute atomic E-state index is 0. The topological polar surface area (TPSA) is 75.3 Å². The second-order valence-electron chi connectivity index (χ2n) is 5.13. The van der Waals surface area contributed by atoms with Crippen molar-refractivity contribution in [1.29, 1.82) is 0 Å². The van der Waals surface area contributed by atoms with Crippen LogP contribution in [0, 0.1) is 0 Å². The first-order chi connectivity index (χ1) is 11.1. The molecule has 0 aromatic heterocycles.